The Bertz CT molecular complexity index is 1270. The first-order chi connectivity index (χ1) is 15.3. The van der Waals surface area contributed by atoms with Gasteiger partial charge in [0.2, 0.25) is 0 Å². The number of carbonyl (C=O) groups is 3. The molecule has 3 aromatic rings. The molecule has 10 heteroatoms. The summed E-state index contributed by atoms with van der Waals surface area (Å²) in [4.78, 5) is 39.5. The second-order valence-corrected chi connectivity index (χ2v) is 9.83. The van der Waals surface area contributed by atoms with Gasteiger partial charge in [-0.3, -0.25) is 19.8 Å². The van der Waals surface area contributed by atoms with Gasteiger partial charge in [0.05, 0.1) is 15.5 Å². The molecule has 0 spiro atoms. The fourth-order valence-corrected chi connectivity index (χ4v) is 5.35. The van der Waals surface area contributed by atoms with Crippen LogP contribution in [-0.4, -0.2) is 28.0 Å². The van der Waals surface area contributed by atoms with Crippen molar-refractivity contribution in [2.45, 2.75) is 9.10 Å². The minimum Gasteiger partial charge on any atom is -0.478 e. The van der Waals surface area contributed by atoms with Crippen molar-refractivity contribution in [1.82, 2.24) is 5.32 Å². The van der Waals surface area contributed by atoms with Crippen molar-refractivity contribution < 1.29 is 19.5 Å². The van der Waals surface area contributed by atoms with E-state index in [1.54, 1.807) is 11.8 Å². The maximum atomic E-state index is 13.1. The van der Waals surface area contributed by atoms with Gasteiger partial charge in [0.25, 0.3) is 11.8 Å². The number of halogens is 1. The van der Waals surface area contributed by atoms with Crippen molar-refractivity contribution in [3.05, 3.63) is 81.7 Å². The average Bonchev–Trinajstić information content (AvgIpc) is 3.20. The number of hydrogen-bond acceptors (Lipinski definition) is 6. The number of aromatic carboxylic acids is 1. The van der Waals surface area contributed by atoms with Gasteiger partial charge in [-0.2, -0.15) is 0 Å². The molecule has 0 bridgehead atoms. The van der Waals surface area contributed by atoms with Crippen LogP contribution < -0.4 is 10.2 Å². The number of carbonyl (C=O) groups excluding carboxylic acids is 2. The maximum Gasteiger partial charge on any atom is 0.335 e. The molecule has 160 valence electrons. The molecule has 1 aliphatic rings. The number of thiophene rings is 1. The van der Waals surface area contributed by atoms with E-state index in [4.69, 9.17) is 28.9 Å². The summed E-state index contributed by atoms with van der Waals surface area (Å²) < 4.78 is 0.986. The second-order valence-electron chi connectivity index (χ2n) is 6.52. The van der Waals surface area contributed by atoms with Crippen molar-refractivity contribution in [1.29, 1.82) is 0 Å². The Morgan fingerprint density at radius 2 is 1.75 bits per heavy atom. The number of rotatable bonds is 5. The first kappa shape index (κ1) is 22.2. The summed E-state index contributed by atoms with van der Waals surface area (Å²) in [6.45, 7) is 0. The molecule has 1 saturated heterocycles. The molecule has 2 N–H and O–H groups in total. The summed E-state index contributed by atoms with van der Waals surface area (Å²) in [5.41, 5.74) is 0.375. The lowest BCUT2D eigenvalue weighted by molar-refractivity contribution is -0.122. The lowest BCUT2D eigenvalue weighted by Gasteiger charge is -2.28. The highest BCUT2D eigenvalue weighted by atomic mass is 35.5. The van der Waals surface area contributed by atoms with Crippen molar-refractivity contribution in [3.63, 3.8) is 0 Å². The number of nitrogens with one attached hydrogen (secondary N) is 1. The number of carboxylic acid groups (broad SMARTS) is 1. The molecule has 32 heavy (non-hydrogen) atoms. The SMILES string of the molecule is O=C1NC(=S)N(c2ccc(C(=O)O)cc2)C(=O)/C1=C/c1ccc(Sc2ccc(Cl)cc2)s1. The molecule has 4 rings (SSSR count). The van der Waals surface area contributed by atoms with Gasteiger partial charge in [0, 0.05) is 14.8 Å². The van der Waals surface area contributed by atoms with Crippen LogP contribution in [-0.2, 0) is 9.59 Å². The third kappa shape index (κ3) is 4.76. The Balaban J connectivity index is 1.58. The molecule has 1 aromatic heterocycles. The van der Waals surface area contributed by atoms with Crippen molar-refractivity contribution in [2.24, 2.45) is 0 Å². The first-order valence-electron chi connectivity index (χ1n) is 9.10. The van der Waals surface area contributed by atoms with Crippen LogP contribution in [0, 0.1) is 0 Å². The molecule has 0 unspecified atom stereocenters. The normalized spacial score (nSPS) is 15.2. The number of nitrogens with zero attached hydrogens (tertiary/aromatic N) is 1. The highest BCUT2D eigenvalue weighted by molar-refractivity contribution is 8.01. The van der Waals surface area contributed by atoms with E-state index in [0.29, 0.717) is 10.7 Å². The monoisotopic (exact) mass is 500 g/mol. The van der Waals surface area contributed by atoms with E-state index in [2.05, 4.69) is 5.32 Å². The Kier molecular flexibility index (Phi) is 6.43. The van der Waals surface area contributed by atoms with E-state index in [9.17, 15) is 14.4 Å². The molecule has 2 aromatic carbocycles. The zero-order valence-electron chi connectivity index (χ0n) is 16.1. The molecule has 0 atom stereocenters. The molecule has 6 nitrogen and oxygen atoms in total. The molecule has 1 aliphatic heterocycles. The topological polar surface area (TPSA) is 86.7 Å². The minimum atomic E-state index is -1.08. The number of carboxylic acids is 1. The van der Waals surface area contributed by atoms with Gasteiger partial charge in [0.1, 0.15) is 5.57 Å². The van der Waals surface area contributed by atoms with Crippen molar-refractivity contribution in [3.8, 4) is 0 Å². The van der Waals surface area contributed by atoms with Gasteiger partial charge in [-0.15, -0.1) is 11.3 Å². The molecule has 2 amide bonds. The van der Waals surface area contributed by atoms with Crippen LogP contribution in [0.15, 0.2) is 75.3 Å². The summed E-state index contributed by atoms with van der Waals surface area (Å²) in [6, 6.07) is 16.9. The fourth-order valence-electron chi connectivity index (χ4n) is 2.87. The molecule has 1 fully saturated rings. The highest BCUT2D eigenvalue weighted by Gasteiger charge is 2.34. The largest absolute Gasteiger partial charge is 0.478 e. The van der Waals surface area contributed by atoms with E-state index in [0.717, 1.165) is 14.0 Å². The van der Waals surface area contributed by atoms with Crippen LogP contribution in [0.25, 0.3) is 6.08 Å². The standard InChI is InChI=1S/C22H13ClN2O4S3/c23-13-3-7-15(8-4-13)31-18-10-9-16(32-18)11-17-19(26)24-22(30)25(20(17)27)14-5-1-12(2-6-14)21(28)29/h1-11H,(H,28,29)(H,24,26,30)/b17-11+. The predicted octanol–water partition coefficient (Wildman–Crippen LogP) is 5.08. The molecule has 0 saturated carbocycles. The van der Waals surface area contributed by atoms with Crippen molar-refractivity contribution >= 4 is 81.6 Å². The maximum absolute atomic E-state index is 13.1. The number of thiocarbonyl (C=S) groups is 1. The first-order valence-corrected chi connectivity index (χ1v) is 11.5. The van der Waals surface area contributed by atoms with Crippen LogP contribution >= 0.6 is 46.9 Å². The van der Waals surface area contributed by atoms with E-state index in [-0.39, 0.29) is 16.2 Å². The summed E-state index contributed by atoms with van der Waals surface area (Å²) in [6.07, 6.45) is 1.52. The minimum absolute atomic E-state index is 0.0641. The number of benzene rings is 2. The second kappa shape index (κ2) is 9.25. The Hall–Kier alpha value is -2.98. The lowest BCUT2D eigenvalue weighted by Crippen LogP contribution is -2.54. The van der Waals surface area contributed by atoms with E-state index >= 15 is 0 Å². The summed E-state index contributed by atoms with van der Waals surface area (Å²) in [5, 5.41) is 12.2. The fraction of sp³-hybridized carbons (Fsp3) is 0. The Labute approximate surface area is 201 Å². The van der Waals surface area contributed by atoms with Crippen molar-refractivity contribution in [2.75, 3.05) is 4.90 Å². The smallest absolute Gasteiger partial charge is 0.335 e. The zero-order chi connectivity index (χ0) is 22.8. The van der Waals surface area contributed by atoms with Gasteiger partial charge in [0.15, 0.2) is 5.11 Å². The third-order valence-corrected chi connectivity index (χ3v) is 7.10. The zero-order valence-corrected chi connectivity index (χ0v) is 19.3. The third-order valence-electron chi connectivity index (χ3n) is 4.39. The van der Waals surface area contributed by atoms with Crippen LogP contribution in [0.5, 0.6) is 0 Å². The van der Waals surface area contributed by atoms with Crippen LogP contribution in [0.1, 0.15) is 15.2 Å². The quantitative estimate of drug-likeness (QED) is 0.288. The van der Waals surface area contributed by atoms with Crippen LogP contribution in [0.4, 0.5) is 5.69 Å². The van der Waals surface area contributed by atoms with E-state index < -0.39 is 17.8 Å². The summed E-state index contributed by atoms with van der Waals surface area (Å²) in [7, 11) is 0. The van der Waals surface area contributed by atoms with Gasteiger partial charge in [-0.1, -0.05) is 23.4 Å². The predicted molar refractivity (Wildman–Crippen MR) is 129 cm³/mol. The number of amides is 2. The highest BCUT2D eigenvalue weighted by Crippen LogP contribution is 2.35. The van der Waals surface area contributed by atoms with Gasteiger partial charge in [-0.05, 0) is 79.0 Å². The van der Waals surface area contributed by atoms with E-state index in [1.807, 2.05) is 36.4 Å². The number of hydrogen-bond donors (Lipinski definition) is 2. The lowest BCUT2D eigenvalue weighted by atomic mass is 10.1. The number of anilines is 1. The Morgan fingerprint density at radius 1 is 1.06 bits per heavy atom. The molecular weight excluding hydrogens is 488 g/mol. The summed E-state index contributed by atoms with van der Waals surface area (Å²) in [5.74, 6) is -2.25. The Morgan fingerprint density at radius 3 is 2.41 bits per heavy atom. The van der Waals surface area contributed by atoms with Gasteiger partial charge >= 0.3 is 5.97 Å². The van der Waals surface area contributed by atoms with Gasteiger partial charge < -0.3 is 5.11 Å². The van der Waals surface area contributed by atoms with Gasteiger partial charge in [-0.25, -0.2) is 4.79 Å². The van der Waals surface area contributed by atoms with E-state index in [1.165, 1.54) is 46.6 Å². The summed E-state index contributed by atoms with van der Waals surface area (Å²) >= 11 is 14.1. The molecular formula is C22H13ClN2O4S3. The molecule has 2 heterocycles. The molecule has 0 aliphatic carbocycles. The van der Waals surface area contributed by atoms with Crippen LogP contribution in [0.3, 0.4) is 0 Å². The molecule has 0 radical (unpaired) electrons. The average molecular weight is 501 g/mol. The van der Waals surface area contributed by atoms with Crippen LogP contribution in [0.2, 0.25) is 5.02 Å².